The third-order valence-electron chi connectivity index (χ3n) is 5.29. The van der Waals surface area contributed by atoms with Crippen LogP contribution in [-0.2, 0) is 23.9 Å². The Kier molecular flexibility index (Phi) is 16.8. The maximum atomic E-state index is 13.0. The lowest BCUT2D eigenvalue weighted by atomic mass is 10.00. The zero-order valence-corrected chi connectivity index (χ0v) is 23.0. The average Bonchev–Trinajstić information content (AvgIpc) is 2.74. The number of alkyl carbamates (subject to hydrolysis) is 1. The van der Waals surface area contributed by atoms with E-state index in [4.69, 9.17) is 9.47 Å². The summed E-state index contributed by atoms with van der Waals surface area (Å²) in [6.07, 6.45) is 7.84. The van der Waals surface area contributed by atoms with Gasteiger partial charge in [-0.15, -0.1) is 0 Å². The summed E-state index contributed by atoms with van der Waals surface area (Å²) in [5.41, 5.74) is -0.682. The van der Waals surface area contributed by atoms with Gasteiger partial charge >= 0.3 is 12.1 Å². The third kappa shape index (κ3) is 17.7. The van der Waals surface area contributed by atoms with E-state index in [0.29, 0.717) is 6.42 Å². The molecule has 0 aliphatic carbocycles. The van der Waals surface area contributed by atoms with Crippen molar-refractivity contribution in [2.45, 2.75) is 124 Å². The van der Waals surface area contributed by atoms with Crippen molar-refractivity contribution in [3.05, 3.63) is 0 Å². The number of carbonyl (C=O) groups is 4. The van der Waals surface area contributed by atoms with Crippen molar-refractivity contribution in [1.82, 2.24) is 16.0 Å². The van der Waals surface area contributed by atoms with Crippen LogP contribution in [0, 0.1) is 5.92 Å². The number of ether oxygens (including phenoxy) is 2. The highest BCUT2D eigenvalue weighted by molar-refractivity contribution is 5.87. The summed E-state index contributed by atoms with van der Waals surface area (Å²) in [5, 5.41) is 8.13. The van der Waals surface area contributed by atoms with Crippen molar-refractivity contribution in [3.63, 3.8) is 0 Å². The van der Waals surface area contributed by atoms with Crippen LogP contribution in [-0.4, -0.2) is 54.7 Å². The maximum absolute atomic E-state index is 13.0. The Balaban J connectivity index is 5.04. The average molecular weight is 500 g/mol. The lowest BCUT2D eigenvalue weighted by Gasteiger charge is -2.27. The van der Waals surface area contributed by atoms with Crippen molar-refractivity contribution in [2.75, 3.05) is 13.2 Å². The molecule has 0 rings (SSSR count). The monoisotopic (exact) mass is 499 g/mol. The molecule has 3 N–H and O–H groups in total. The molecule has 0 radical (unpaired) electrons. The first-order chi connectivity index (χ1) is 16.4. The Morgan fingerprint density at radius 2 is 1.46 bits per heavy atom. The molecule has 204 valence electrons. The Morgan fingerprint density at radius 1 is 0.857 bits per heavy atom. The van der Waals surface area contributed by atoms with Crippen LogP contribution >= 0.6 is 0 Å². The van der Waals surface area contributed by atoms with Gasteiger partial charge in [0.2, 0.25) is 11.8 Å². The summed E-state index contributed by atoms with van der Waals surface area (Å²) < 4.78 is 10.1. The highest BCUT2D eigenvalue weighted by Crippen LogP contribution is 2.13. The molecule has 0 saturated heterocycles. The van der Waals surface area contributed by atoms with E-state index in [1.165, 1.54) is 25.7 Å². The number of unbranched alkanes of at least 4 members (excludes halogenated alkanes) is 6. The molecule has 35 heavy (non-hydrogen) atoms. The van der Waals surface area contributed by atoms with Gasteiger partial charge in [-0.3, -0.25) is 14.4 Å². The van der Waals surface area contributed by atoms with Gasteiger partial charge in [0.25, 0.3) is 0 Å². The molecule has 9 heteroatoms. The molecule has 0 heterocycles. The zero-order chi connectivity index (χ0) is 26.9. The van der Waals surface area contributed by atoms with E-state index >= 15 is 0 Å². The topological polar surface area (TPSA) is 123 Å². The standard InChI is InChI=1S/C26H49N3O6/c1-8-10-11-12-13-14-15-16-20(17-21(30)27-18-22(31)34-9-2)28-24(32)23(19(3)4)29-25(33)35-26(5,6)7/h19-20,23H,8-18H2,1-7H3,(H,27,30)(H,28,32)(H,29,33)/t20-,23+/m1/s1. The summed E-state index contributed by atoms with van der Waals surface area (Å²) in [5.74, 6) is -1.39. The third-order valence-corrected chi connectivity index (χ3v) is 5.29. The smallest absolute Gasteiger partial charge is 0.408 e. The number of hydrogen-bond donors (Lipinski definition) is 3. The van der Waals surface area contributed by atoms with E-state index in [9.17, 15) is 19.2 Å². The molecule has 3 amide bonds. The maximum Gasteiger partial charge on any atom is 0.408 e. The van der Waals surface area contributed by atoms with Gasteiger partial charge in [-0.1, -0.05) is 65.7 Å². The normalized spacial score (nSPS) is 13.0. The summed E-state index contributed by atoms with van der Waals surface area (Å²) in [6.45, 7) is 12.8. The molecule has 9 nitrogen and oxygen atoms in total. The predicted molar refractivity (Wildman–Crippen MR) is 137 cm³/mol. The molecule has 0 aliphatic heterocycles. The van der Waals surface area contributed by atoms with Gasteiger partial charge in [0.05, 0.1) is 6.61 Å². The molecule has 0 aromatic rings. The fraction of sp³-hybridized carbons (Fsp3) is 0.846. The highest BCUT2D eigenvalue weighted by Gasteiger charge is 2.29. The fourth-order valence-corrected chi connectivity index (χ4v) is 3.51. The van der Waals surface area contributed by atoms with Crippen molar-refractivity contribution in [1.29, 1.82) is 0 Å². The molecule has 2 atom stereocenters. The molecule has 0 aromatic heterocycles. The van der Waals surface area contributed by atoms with Gasteiger partial charge in [0.15, 0.2) is 0 Å². The Hall–Kier alpha value is -2.32. The summed E-state index contributed by atoms with van der Waals surface area (Å²) in [6, 6.07) is -1.22. The number of rotatable bonds is 17. The minimum absolute atomic E-state index is 0.0399. The number of esters is 1. The van der Waals surface area contributed by atoms with Gasteiger partial charge in [0.1, 0.15) is 18.2 Å². The van der Waals surface area contributed by atoms with Crippen LogP contribution in [0.15, 0.2) is 0 Å². The minimum Gasteiger partial charge on any atom is -0.465 e. The number of amides is 3. The Labute approximate surface area is 211 Å². The summed E-state index contributed by atoms with van der Waals surface area (Å²) in [7, 11) is 0. The van der Waals surface area contributed by atoms with E-state index in [1.54, 1.807) is 27.7 Å². The largest absolute Gasteiger partial charge is 0.465 e. The van der Waals surface area contributed by atoms with Gasteiger partial charge in [0, 0.05) is 12.5 Å². The quantitative estimate of drug-likeness (QED) is 0.203. The van der Waals surface area contributed by atoms with Crippen LogP contribution in [0.3, 0.4) is 0 Å². The van der Waals surface area contributed by atoms with Crippen LogP contribution in [0.1, 0.15) is 106 Å². The molecule has 0 unspecified atom stereocenters. The lowest BCUT2D eigenvalue weighted by molar-refractivity contribution is -0.143. The number of hydrogen-bond acceptors (Lipinski definition) is 6. The molecule has 0 aliphatic rings. The van der Waals surface area contributed by atoms with Crippen LogP contribution in [0.2, 0.25) is 0 Å². The van der Waals surface area contributed by atoms with Crippen molar-refractivity contribution < 1.29 is 28.7 Å². The second-order valence-electron chi connectivity index (χ2n) is 10.3. The van der Waals surface area contributed by atoms with E-state index in [1.807, 2.05) is 13.8 Å². The molecule has 0 saturated carbocycles. The first-order valence-electron chi connectivity index (χ1n) is 13.1. The van der Waals surface area contributed by atoms with Crippen LogP contribution in [0.4, 0.5) is 4.79 Å². The Morgan fingerprint density at radius 3 is 2.00 bits per heavy atom. The fourth-order valence-electron chi connectivity index (χ4n) is 3.51. The van der Waals surface area contributed by atoms with E-state index < -0.39 is 29.7 Å². The van der Waals surface area contributed by atoms with Gasteiger partial charge in [-0.05, 0) is 40.0 Å². The number of nitrogens with one attached hydrogen (secondary N) is 3. The highest BCUT2D eigenvalue weighted by atomic mass is 16.6. The first kappa shape index (κ1) is 32.7. The van der Waals surface area contributed by atoms with Crippen molar-refractivity contribution in [3.8, 4) is 0 Å². The lowest BCUT2D eigenvalue weighted by Crippen LogP contribution is -2.53. The zero-order valence-electron chi connectivity index (χ0n) is 23.0. The van der Waals surface area contributed by atoms with Crippen molar-refractivity contribution in [2.24, 2.45) is 5.92 Å². The first-order valence-corrected chi connectivity index (χ1v) is 13.1. The molecule has 0 fully saturated rings. The van der Waals surface area contributed by atoms with Crippen molar-refractivity contribution >= 4 is 23.9 Å². The van der Waals surface area contributed by atoms with Crippen LogP contribution < -0.4 is 16.0 Å². The molecule has 0 bridgehead atoms. The number of carbonyl (C=O) groups excluding carboxylic acids is 4. The molecule has 0 spiro atoms. The SMILES string of the molecule is CCCCCCCCC[C@H](CC(=O)NCC(=O)OCC)NC(=O)[C@@H](NC(=O)OC(C)(C)C)C(C)C. The van der Waals surface area contributed by atoms with E-state index in [0.717, 1.165) is 19.3 Å². The van der Waals surface area contributed by atoms with Crippen LogP contribution in [0.25, 0.3) is 0 Å². The molecular formula is C26H49N3O6. The van der Waals surface area contributed by atoms with E-state index in [2.05, 4.69) is 22.9 Å². The summed E-state index contributed by atoms with van der Waals surface area (Å²) in [4.78, 5) is 49.3. The summed E-state index contributed by atoms with van der Waals surface area (Å²) >= 11 is 0. The van der Waals surface area contributed by atoms with Gasteiger partial charge in [-0.2, -0.15) is 0 Å². The Bertz CT molecular complexity index is 645. The second-order valence-corrected chi connectivity index (χ2v) is 10.3. The van der Waals surface area contributed by atoms with Gasteiger partial charge < -0.3 is 25.4 Å². The molecule has 0 aromatic carbocycles. The van der Waals surface area contributed by atoms with Gasteiger partial charge in [-0.25, -0.2) is 4.79 Å². The van der Waals surface area contributed by atoms with Crippen LogP contribution in [0.5, 0.6) is 0 Å². The second kappa shape index (κ2) is 18.0. The molecular weight excluding hydrogens is 450 g/mol. The predicted octanol–water partition coefficient (Wildman–Crippen LogP) is 4.23. The van der Waals surface area contributed by atoms with E-state index in [-0.39, 0.29) is 37.3 Å². The minimum atomic E-state index is -0.802.